The topological polar surface area (TPSA) is 12.0 Å². The molecule has 1 nitrogen and oxygen atoms in total. The Kier molecular flexibility index (Phi) is 2.08. The van der Waals surface area contributed by atoms with Gasteiger partial charge in [0.1, 0.15) is 0 Å². The molecule has 2 fully saturated rings. The minimum absolute atomic E-state index is 0. The largest absolute Gasteiger partial charge is 0.316 e. The number of hydrogen-bond acceptors (Lipinski definition) is 1. The lowest BCUT2D eigenvalue weighted by Crippen LogP contribution is -2.65. The smallest absolute Gasteiger partial charge is 0.315 e. The molecule has 1 saturated carbocycles. The monoisotopic (exact) mass is 205 g/mol. The third-order valence-electron chi connectivity index (χ3n) is 2.59. The zero-order valence-corrected chi connectivity index (χ0v) is 6.81. The normalized spacial score (nSPS) is 41.0. The number of hydrogen-bond donors (Lipinski definition) is 1. The summed E-state index contributed by atoms with van der Waals surface area (Å²) in [7, 11) is 0. The second-order valence-electron chi connectivity index (χ2n) is 3.12. The molecule has 1 heterocycles. The molecule has 0 amide bonds. The molecule has 2 aliphatic rings. The van der Waals surface area contributed by atoms with Crippen LogP contribution in [0.3, 0.4) is 0 Å². The quantitative estimate of drug-likeness (QED) is 0.592. The van der Waals surface area contributed by atoms with Crippen LogP contribution in [0.15, 0.2) is 0 Å². The summed E-state index contributed by atoms with van der Waals surface area (Å²) in [6.45, 7) is 0.0422. The van der Waals surface area contributed by atoms with E-state index in [0.29, 0.717) is 0 Å². The minimum Gasteiger partial charge on any atom is -0.316 e. The first-order chi connectivity index (χ1) is 4.98. The van der Waals surface area contributed by atoms with E-state index in [1.807, 2.05) is 0 Å². The van der Waals surface area contributed by atoms with E-state index >= 15 is 0 Å². The lowest BCUT2D eigenvalue weighted by atomic mass is 9.68. The molecule has 12 heavy (non-hydrogen) atoms. The third-order valence-corrected chi connectivity index (χ3v) is 2.59. The molecule has 0 spiro atoms. The molecule has 0 bridgehead atoms. The summed E-state index contributed by atoms with van der Waals surface area (Å²) in [5, 5.41) is 2.54. The highest BCUT2D eigenvalue weighted by Gasteiger charge is 2.79. The minimum atomic E-state index is -3.78. The maximum absolute atomic E-state index is 12.5. The number of alkyl halides is 4. The van der Waals surface area contributed by atoms with Gasteiger partial charge in [0.2, 0.25) is 0 Å². The van der Waals surface area contributed by atoms with Crippen LogP contribution < -0.4 is 5.32 Å². The van der Waals surface area contributed by atoms with Crippen molar-refractivity contribution >= 4 is 12.4 Å². The fourth-order valence-electron chi connectivity index (χ4n) is 1.84. The number of fused-ring (bicyclic) bond motifs is 1. The van der Waals surface area contributed by atoms with E-state index in [2.05, 4.69) is 5.32 Å². The molecular formula is C6H8ClF4N. The molecule has 0 radical (unpaired) electrons. The van der Waals surface area contributed by atoms with Crippen molar-refractivity contribution in [3.05, 3.63) is 0 Å². The van der Waals surface area contributed by atoms with Crippen molar-refractivity contribution in [3.63, 3.8) is 0 Å². The van der Waals surface area contributed by atoms with Gasteiger partial charge in [0, 0.05) is 13.1 Å². The van der Waals surface area contributed by atoms with Gasteiger partial charge in [0.05, 0.1) is 11.8 Å². The molecule has 6 heteroatoms. The predicted octanol–water partition coefficient (Wildman–Crippen LogP) is 1.53. The standard InChI is InChI=1S/C6H7F4N.ClH/c7-5(8)3-1-11-2-4(3)6(5,9)10;/h3-4,11H,1-2H2;1H. The molecule has 1 N–H and O–H groups in total. The highest BCUT2D eigenvalue weighted by atomic mass is 35.5. The molecule has 0 aromatic rings. The first-order valence-electron chi connectivity index (χ1n) is 3.44. The van der Waals surface area contributed by atoms with Gasteiger partial charge in [0.25, 0.3) is 0 Å². The van der Waals surface area contributed by atoms with Crippen molar-refractivity contribution in [2.24, 2.45) is 11.8 Å². The molecule has 2 atom stereocenters. The van der Waals surface area contributed by atoms with E-state index in [1.54, 1.807) is 0 Å². The Hall–Kier alpha value is -0.0300. The van der Waals surface area contributed by atoms with Gasteiger partial charge in [-0.1, -0.05) is 0 Å². The van der Waals surface area contributed by atoms with Gasteiger partial charge >= 0.3 is 11.8 Å². The Morgan fingerprint density at radius 2 is 1.25 bits per heavy atom. The molecule has 2 unspecified atom stereocenters. The molecule has 0 aromatic heterocycles. The Morgan fingerprint density at radius 1 is 0.917 bits per heavy atom. The van der Waals surface area contributed by atoms with Crippen molar-refractivity contribution in [3.8, 4) is 0 Å². The number of nitrogens with one attached hydrogen (secondary N) is 1. The summed E-state index contributed by atoms with van der Waals surface area (Å²) in [5.74, 6) is -9.84. The van der Waals surface area contributed by atoms with Crippen LogP contribution in [-0.4, -0.2) is 24.9 Å². The molecule has 2 rings (SSSR count). The number of rotatable bonds is 0. The van der Waals surface area contributed by atoms with Crippen molar-refractivity contribution < 1.29 is 17.6 Å². The molecule has 1 saturated heterocycles. The Bertz CT molecular complexity index is 176. The Morgan fingerprint density at radius 3 is 1.58 bits per heavy atom. The zero-order valence-electron chi connectivity index (χ0n) is 5.99. The molecule has 72 valence electrons. The molecule has 1 aliphatic heterocycles. The first kappa shape index (κ1) is 10.1. The fraction of sp³-hybridized carbons (Fsp3) is 1.00. The number of halogens is 5. The predicted molar refractivity (Wildman–Crippen MR) is 37.0 cm³/mol. The van der Waals surface area contributed by atoms with Crippen LogP contribution in [-0.2, 0) is 0 Å². The SMILES string of the molecule is Cl.FC1(F)C2CNCC2C1(F)F. The highest BCUT2D eigenvalue weighted by Crippen LogP contribution is 2.60. The van der Waals surface area contributed by atoms with Crippen molar-refractivity contribution in [1.29, 1.82) is 0 Å². The van der Waals surface area contributed by atoms with E-state index in [4.69, 9.17) is 0 Å². The highest BCUT2D eigenvalue weighted by molar-refractivity contribution is 5.85. The second kappa shape index (κ2) is 2.48. The Labute approximate surface area is 72.9 Å². The summed E-state index contributed by atoms with van der Waals surface area (Å²) in [6.07, 6.45) is 0. The maximum Gasteiger partial charge on any atom is 0.315 e. The van der Waals surface area contributed by atoms with Crippen molar-refractivity contribution in [1.82, 2.24) is 5.32 Å². The van der Waals surface area contributed by atoms with E-state index in [9.17, 15) is 17.6 Å². The van der Waals surface area contributed by atoms with Crippen LogP contribution >= 0.6 is 12.4 Å². The van der Waals surface area contributed by atoms with E-state index in [-0.39, 0.29) is 25.5 Å². The van der Waals surface area contributed by atoms with Crippen LogP contribution in [0, 0.1) is 11.8 Å². The van der Waals surface area contributed by atoms with Crippen LogP contribution in [0.25, 0.3) is 0 Å². The summed E-state index contributed by atoms with van der Waals surface area (Å²) in [4.78, 5) is 0. The van der Waals surface area contributed by atoms with Crippen molar-refractivity contribution in [2.75, 3.05) is 13.1 Å². The summed E-state index contributed by atoms with van der Waals surface area (Å²) < 4.78 is 49.9. The van der Waals surface area contributed by atoms with Gasteiger partial charge < -0.3 is 5.32 Å². The lowest BCUT2D eigenvalue weighted by molar-refractivity contribution is -0.339. The van der Waals surface area contributed by atoms with Crippen LogP contribution in [0.5, 0.6) is 0 Å². The second-order valence-corrected chi connectivity index (χ2v) is 3.12. The van der Waals surface area contributed by atoms with Gasteiger partial charge in [0.15, 0.2) is 0 Å². The molecule has 0 aromatic carbocycles. The molecular weight excluding hydrogens is 198 g/mol. The van der Waals surface area contributed by atoms with Gasteiger partial charge in [-0.05, 0) is 0 Å². The average Bonchev–Trinajstić information content (AvgIpc) is 2.32. The van der Waals surface area contributed by atoms with Gasteiger partial charge in [-0.2, -0.15) is 17.6 Å². The Balaban J connectivity index is 0.000000720. The van der Waals surface area contributed by atoms with E-state index in [0.717, 1.165) is 0 Å². The van der Waals surface area contributed by atoms with E-state index in [1.165, 1.54) is 0 Å². The summed E-state index contributed by atoms with van der Waals surface area (Å²) in [5.41, 5.74) is 0. The maximum atomic E-state index is 12.5. The van der Waals surface area contributed by atoms with Crippen LogP contribution in [0.2, 0.25) is 0 Å². The van der Waals surface area contributed by atoms with Gasteiger partial charge in [-0.25, -0.2) is 0 Å². The lowest BCUT2D eigenvalue weighted by Gasteiger charge is -2.46. The third kappa shape index (κ3) is 0.836. The zero-order chi connectivity index (χ0) is 8.28. The average molecular weight is 206 g/mol. The van der Waals surface area contributed by atoms with E-state index < -0.39 is 23.7 Å². The molecule has 1 aliphatic carbocycles. The van der Waals surface area contributed by atoms with Crippen LogP contribution in [0.1, 0.15) is 0 Å². The first-order valence-corrected chi connectivity index (χ1v) is 3.44. The summed E-state index contributed by atoms with van der Waals surface area (Å²) >= 11 is 0. The summed E-state index contributed by atoms with van der Waals surface area (Å²) in [6, 6.07) is 0. The van der Waals surface area contributed by atoms with Crippen molar-refractivity contribution in [2.45, 2.75) is 11.8 Å². The van der Waals surface area contributed by atoms with Gasteiger partial charge in [-0.3, -0.25) is 0 Å². The van der Waals surface area contributed by atoms with Gasteiger partial charge in [-0.15, -0.1) is 12.4 Å². The van der Waals surface area contributed by atoms with Crippen LogP contribution in [0.4, 0.5) is 17.6 Å². The fourth-order valence-corrected chi connectivity index (χ4v) is 1.84.